The predicted octanol–water partition coefficient (Wildman–Crippen LogP) is 4.22. The molecule has 0 amide bonds. The van der Waals surface area contributed by atoms with Gasteiger partial charge in [0.15, 0.2) is 5.92 Å². The van der Waals surface area contributed by atoms with Gasteiger partial charge in [0, 0.05) is 16.7 Å². The third kappa shape index (κ3) is 4.10. The Morgan fingerprint density at radius 2 is 2.12 bits per heavy atom. The molecule has 0 radical (unpaired) electrons. The summed E-state index contributed by atoms with van der Waals surface area (Å²) < 4.78 is 37.5. The van der Waals surface area contributed by atoms with E-state index in [1.165, 1.54) is 12.1 Å². The van der Waals surface area contributed by atoms with Gasteiger partial charge in [0.1, 0.15) is 0 Å². The average Bonchev–Trinajstić information content (AvgIpc) is 2.22. The number of nitriles is 1. The molecular weight excluding hydrogens is 320 g/mol. The molecule has 0 saturated carbocycles. The summed E-state index contributed by atoms with van der Waals surface area (Å²) in [7, 11) is 0. The minimum atomic E-state index is -4.53. The Balaban J connectivity index is 2.67. The van der Waals surface area contributed by atoms with Crippen LogP contribution >= 0.6 is 27.5 Å². The quantitative estimate of drug-likeness (QED) is 0.902. The smallest absolute Gasteiger partial charge is 0.383 e. The summed E-state index contributed by atoms with van der Waals surface area (Å²) in [5, 5.41) is 11.3. The highest BCUT2D eigenvalue weighted by Crippen LogP contribution is 2.28. The van der Waals surface area contributed by atoms with Crippen LogP contribution in [0, 0.1) is 17.2 Å². The number of nitrogens with zero attached hydrogens (tertiary/aromatic N) is 1. The van der Waals surface area contributed by atoms with Crippen molar-refractivity contribution in [3.63, 3.8) is 0 Å². The van der Waals surface area contributed by atoms with Gasteiger partial charge in [0.25, 0.3) is 0 Å². The minimum absolute atomic E-state index is 0.385. The molecule has 1 aromatic rings. The summed E-state index contributed by atoms with van der Waals surface area (Å²) >= 11 is 8.94. The Morgan fingerprint density at radius 3 is 2.59 bits per heavy atom. The average molecular weight is 328 g/mol. The maximum Gasteiger partial charge on any atom is 0.406 e. The lowest BCUT2D eigenvalue weighted by molar-refractivity contribution is -0.155. The minimum Gasteiger partial charge on any atom is -0.383 e. The van der Waals surface area contributed by atoms with Crippen LogP contribution in [0.2, 0.25) is 5.02 Å². The second kappa shape index (κ2) is 5.61. The first-order chi connectivity index (χ1) is 7.84. The zero-order valence-electron chi connectivity index (χ0n) is 8.35. The van der Waals surface area contributed by atoms with Crippen LogP contribution in [0.3, 0.4) is 0 Å². The molecule has 1 rings (SSSR count). The maximum atomic E-state index is 12.3. The van der Waals surface area contributed by atoms with Gasteiger partial charge in [-0.25, -0.2) is 0 Å². The summed E-state index contributed by atoms with van der Waals surface area (Å²) in [6.45, 7) is -0.502. The monoisotopic (exact) mass is 326 g/mol. The first-order valence-corrected chi connectivity index (χ1v) is 5.67. The van der Waals surface area contributed by atoms with E-state index in [1.807, 2.05) is 0 Å². The normalized spacial score (nSPS) is 12.9. The van der Waals surface area contributed by atoms with Crippen molar-refractivity contribution in [3.8, 4) is 6.07 Å². The van der Waals surface area contributed by atoms with E-state index in [0.717, 1.165) is 0 Å². The molecular formula is C10H7BrClF3N2. The predicted molar refractivity (Wildman–Crippen MR) is 62.8 cm³/mol. The molecule has 2 nitrogen and oxygen atoms in total. The zero-order chi connectivity index (χ0) is 13.1. The van der Waals surface area contributed by atoms with Gasteiger partial charge in [-0.05, 0) is 34.1 Å². The molecule has 0 saturated heterocycles. The van der Waals surface area contributed by atoms with E-state index < -0.39 is 18.6 Å². The van der Waals surface area contributed by atoms with E-state index in [2.05, 4.69) is 21.2 Å². The van der Waals surface area contributed by atoms with Crippen molar-refractivity contribution >= 4 is 33.2 Å². The Bertz CT molecular complexity index is 442. The number of hydrogen-bond acceptors (Lipinski definition) is 2. The molecule has 0 heterocycles. The van der Waals surface area contributed by atoms with Gasteiger partial charge in [0.2, 0.25) is 0 Å². The maximum absolute atomic E-state index is 12.3. The highest BCUT2D eigenvalue weighted by Gasteiger charge is 2.39. The van der Waals surface area contributed by atoms with Gasteiger partial charge in [-0.15, -0.1) is 0 Å². The number of anilines is 1. The van der Waals surface area contributed by atoms with Crippen molar-refractivity contribution in [1.29, 1.82) is 5.26 Å². The summed E-state index contributed by atoms with van der Waals surface area (Å²) in [5.74, 6) is -2.04. The molecule has 1 N–H and O–H groups in total. The van der Waals surface area contributed by atoms with Gasteiger partial charge in [0.05, 0.1) is 11.1 Å². The third-order valence-electron chi connectivity index (χ3n) is 1.98. The van der Waals surface area contributed by atoms with Crippen LogP contribution < -0.4 is 5.32 Å². The highest BCUT2D eigenvalue weighted by atomic mass is 79.9. The fourth-order valence-electron chi connectivity index (χ4n) is 1.06. The number of halogens is 5. The lowest BCUT2D eigenvalue weighted by atomic mass is 10.1. The van der Waals surface area contributed by atoms with E-state index in [1.54, 1.807) is 12.1 Å². The molecule has 0 aliphatic rings. The molecule has 0 aliphatic carbocycles. The fraction of sp³-hybridized carbons (Fsp3) is 0.300. The van der Waals surface area contributed by atoms with Crippen LogP contribution in [0.15, 0.2) is 22.7 Å². The number of nitrogens with one attached hydrogen (secondary N) is 1. The van der Waals surface area contributed by atoms with Gasteiger partial charge in [-0.3, -0.25) is 0 Å². The number of rotatable bonds is 3. The third-order valence-corrected chi connectivity index (χ3v) is 3.21. The lowest BCUT2D eigenvalue weighted by Gasteiger charge is -2.14. The molecule has 1 unspecified atom stereocenters. The molecule has 0 bridgehead atoms. The highest BCUT2D eigenvalue weighted by molar-refractivity contribution is 9.10. The van der Waals surface area contributed by atoms with Crippen molar-refractivity contribution in [2.24, 2.45) is 5.92 Å². The van der Waals surface area contributed by atoms with Crippen LogP contribution in [-0.2, 0) is 0 Å². The molecule has 1 aromatic carbocycles. The molecule has 92 valence electrons. The van der Waals surface area contributed by atoms with Crippen molar-refractivity contribution in [2.45, 2.75) is 6.18 Å². The van der Waals surface area contributed by atoms with Gasteiger partial charge < -0.3 is 5.32 Å². The zero-order valence-corrected chi connectivity index (χ0v) is 10.7. The summed E-state index contributed by atoms with van der Waals surface area (Å²) in [5.41, 5.74) is 0.433. The topological polar surface area (TPSA) is 35.8 Å². The largest absolute Gasteiger partial charge is 0.406 e. The first kappa shape index (κ1) is 14.1. The summed E-state index contributed by atoms with van der Waals surface area (Å²) in [6.07, 6.45) is -4.53. The number of hydrogen-bond donors (Lipinski definition) is 1. The summed E-state index contributed by atoms with van der Waals surface area (Å²) in [6, 6.07) is 5.87. The van der Waals surface area contributed by atoms with Crippen molar-refractivity contribution in [2.75, 3.05) is 11.9 Å². The SMILES string of the molecule is N#CC(CNc1ccc(Br)c(Cl)c1)C(F)(F)F. The van der Waals surface area contributed by atoms with Crippen LogP contribution in [0.25, 0.3) is 0 Å². The molecule has 17 heavy (non-hydrogen) atoms. The standard InChI is InChI=1S/C10H7BrClF3N2/c11-8-2-1-7(3-9(8)12)17-5-6(4-16)10(13,14)15/h1-3,6,17H,5H2. The first-order valence-electron chi connectivity index (χ1n) is 4.50. The molecule has 0 spiro atoms. The molecule has 0 aliphatic heterocycles. The van der Waals surface area contributed by atoms with E-state index >= 15 is 0 Å². The van der Waals surface area contributed by atoms with Crippen LogP contribution in [-0.4, -0.2) is 12.7 Å². The Kier molecular flexibility index (Phi) is 4.66. The van der Waals surface area contributed by atoms with Crippen LogP contribution in [0.5, 0.6) is 0 Å². The fourth-order valence-corrected chi connectivity index (χ4v) is 1.49. The van der Waals surface area contributed by atoms with E-state index in [9.17, 15) is 13.2 Å². The lowest BCUT2D eigenvalue weighted by Crippen LogP contribution is -2.28. The van der Waals surface area contributed by atoms with Crippen molar-refractivity contribution in [3.05, 3.63) is 27.7 Å². The van der Waals surface area contributed by atoms with Gasteiger partial charge in [-0.1, -0.05) is 11.6 Å². The van der Waals surface area contributed by atoms with Crippen LogP contribution in [0.4, 0.5) is 18.9 Å². The van der Waals surface area contributed by atoms with Crippen molar-refractivity contribution < 1.29 is 13.2 Å². The van der Waals surface area contributed by atoms with Crippen molar-refractivity contribution in [1.82, 2.24) is 0 Å². The van der Waals surface area contributed by atoms with Gasteiger partial charge >= 0.3 is 6.18 Å². The Hall–Kier alpha value is -0.930. The van der Waals surface area contributed by atoms with E-state index in [-0.39, 0.29) is 0 Å². The molecule has 0 aromatic heterocycles. The molecule has 1 atom stereocenters. The Labute approximate surface area is 110 Å². The summed E-state index contributed by atoms with van der Waals surface area (Å²) in [4.78, 5) is 0. The Morgan fingerprint density at radius 1 is 1.47 bits per heavy atom. The van der Waals surface area contributed by atoms with E-state index in [4.69, 9.17) is 16.9 Å². The second-order valence-corrected chi connectivity index (χ2v) is 4.49. The molecule has 0 fully saturated rings. The van der Waals surface area contributed by atoms with E-state index in [0.29, 0.717) is 15.2 Å². The molecule has 7 heteroatoms. The number of benzene rings is 1. The van der Waals surface area contributed by atoms with Gasteiger partial charge in [-0.2, -0.15) is 18.4 Å². The van der Waals surface area contributed by atoms with Crippen LogP contribution in [0.1, 0.15) is 0 Å². The second-order valence-electron chi connectivity index (χ2n) is 3.23. The number of alkyl halides is 3.